The highest BCUT2D eigenvalue weighted by atomic mass is 16.5. The fourth-order valence-corrected chi connectivity index (χ4v) is 2.00. The van der Waals surface area contributed by atoms with Crippen molar-refractivity contribution in [3.05, 3.63) is 35.4 Å². The van der Waals surface area contributed by atoms with E-state index in [9.17, 15) is 0 Å². The van der Waals surface area contributed by atoms with E-state index in [4.69, 9.17) is 9.47 Å². The predicted octanol–water partition coefficient (Wildman–Crippen LogP) is 2.98. The summed E-state index contributed by atoms with van der Waals surface area (Å²) in [5.41, 5.74) is 2.54. The number of methoxy groups -OCH3 is 1. The summed E-state index contributed by atoms with van der Waals surface area (Å²) < 4.78 is 10.8. The van der Waals surface area contributed by atoms with Crippen LogP contribution in [0.3, 0.4) is 0 Å². The first-order chi connectivity index (χ1) is 9.19. The molecule has 1 aromatic carbocycles. The number of hydrogen-bond donors (Lipinski definition) is 1. The Hall–Kier alpha value is -0.900. The molecule has 0 amide bonds. The minimum atomic E-state index is 0.385. The molecule has 0 aliphatic rings. The van der Waals surface area contributed by atoms with Crippen molar-refractivity contribution in [2.75, 3.05) is 20.3 Å². The second-order valence-electron chi connectivity index (χ2n) is 5.09. The van der Waals surface area contributed by atoms with E-state index in [0.29, 0.717) is 18.6 Å². The van der Waals surface area contributed by atoms with Crippen LogP contribution in [0.4, 0.5) is 0 Å². The Morgan fingerprint density at radius 2 is 1.84 bits per heavy atom. The number of rotatable bonds is 9. The highest BCUT2D eigenvalue weighted by Gasteiger charge is 2.13. The molecule has 1 aromatic rings. The number of benzene rings is 1. The molecule has 1 atom stereocenters. The Morgan fingerprint density at radius 3 is 2.42 bits per heavy atom. The molecule has 0 aliphatic heterocycles. The van der Waals surface area contributed by atoms with Gasteiger partial charge in [0.2, 0.25) is 0 Å². The molecule has 0 bridgehead atoms. The molecule has 108 valence electrons. The van der Waals surface area contributed by atoms with Gasteiger partial charge in [-0.15, -0.1) is 0 Å². The fraction of sp³-hybridized carbons (Fsp3) is 0.625. The zero-order valence-electron chi connectivity index (χ0n) is 12.6. The van der Waals surface area contributed by atoms with Gasteiger partial charge in [0, 0.05) is 26.3 Å². The van der Waals surface area contributed by atoms with Gasteiger partial charge in [0.15, 0.2) is 0 Å². The highest BCUT2D eigenvalue weighted by molar-refractivity contribution is 5.26. The van der Waals surface area contributed by atoms with Gasteiger partial charge in [-0.05, 0) is 24.0 Å². The molecule has 0 aliphatic carbocycles. The van der Waals surface area contributed by atoms with Gasteiger partial charge in [0.05, 0.1) is 13.2 Å². The quantitative estimate of drug-likeness (QED) is 0.744. The van der Waals surface area contributed by atoms with E-state index in [-0.39, 0.29) is 0 Å². The lowest BCUT2D eigenvalue weighted by Crippen LogP contribution is -2.37. The molecule has 3 nitrogen and oxygen atoms in total. The van der Waals surface area contributed by atoms with E-state index >= 15 is 0 Å². The maximum atomic E-state index is 5.54. The maximum absolute atomic E-state index is 5.54. The number of hydrogen-bond acceptors (Lipinski definition) is 3. The van der Waals surface area contributed by atoms with Gasteiger partial charge in [0.1, 0.15) is 0 Å². The van der Waals surface area contributed by atoms with Gasteiger partial charge in [0.25, 0.3) is 0 Å². The molecule has 1 N–H and O–H groups in total. The van der Waals surface area contributed by atoms with Gasteiger partial charge in [-0.1, -0.05) is 38.1 Å². The summed E-state index contributed by atoms with van der Waals surface area (Å²) in [5, 5.41) is 3.59. The molecule has 0 aromatic heterocycles. The minimum Gasteiger partial charge on any atom is -0.380 e. The Kier molecular flexibility index (Phi) is 7.72. The molecule has 0 radical (unpaired) electrons. The monoisotopic (exact) mass is 265 g/mol. The molecule has 0 heterocycles. The largest absolute Gasteiger partial charge is 0.380 e. The number of nitrogens with one attached hydrogen (secondary N) is 1. The molecule has 0 spiro atoms. The third kappa shape index (κ3) is 5.72. The lowest BCUT2D eigenvalue weighted by atomic mass is 10.0. The standard InChI is InChI=1S/C16H27NO2/c1-5-19-12-16(13(2)3)17-10-14-8-6-7-9-15(14)11-18-4/h6-9,13,16-17H,5,10-12H2,1-4H3. The van der Waals surface area contributed by atoms with E-state index < -0.39 is 0 Å². The van der Waals surface area contributed by atoms with Crippen molar-refractivity contribution < 1.29 is 9.47 Å². The summed E-state index contributed by atoms with van der Waals surface area (Å²) in [6, 6.07) is 8.78. The van der Waals surface area contributed by atoms with Gasteiger partial charge in [-0.25, -0.2) is 0 Å². The van der Waals surface area contributed by atoms with Crippen LogP contribution < -0.4 is 5.32 Å². The highest BCUT2D eigenvalue weighted by Crippen LogP contribution is 2.11. The van der Waals surface area contributed by atoms with Crippen LogP contribution >= 0.6 is 0 Å². The average molecular weight is 265 g/mol. The van der Waals surface area contributed by atoms with Crippen LogP contribution in [-0.4, -0.2) is 26.4 Å². The smallest absolute Gasteiger partial charge is 0.0716 e. The van der Waals surface area contributed by atoms with Crippen molar-refractivity contribution in [2.24, 2.45) is 5.92 Å². The molecule has 1 rings (SSSR count). The van der Waals surface area contributed by atoms with Crippen LogP contribution in [0.25, 0.3) is 0 Å². The zero-order chi connectivity index (χ0) is 14.1. The van der Waals surface area contributed by atoms with Gasteiger partial charge < -0.3 is 14.8 Å². The molecule has 1 unspecified atom stereocenters. The van der Waals surface area contributed by atoms with E-state index in [1.165, 1.54) is 11.1 Å². The van der Waals surface area contributed by atoms with E-state index in [0.717, 1.165) is 19.8 Å². The van der Waals surface area contributed by atoms with Crippen molar-refractivity contribution in [1.29, 1.82) is 0 Å². The van der Waals surface area contributed by atoms with Crippen LogP contribution in [-0.2, 0) is 22.6 Å². The summed E-state index contributed by atoms with van der Waals surface area (Å²) in [7, 11) is 1.73. The molecule has 0 saturated carbocycles. The van der Waals surface area contributed by atoms with Crippen LogP contribution in [0, 0.1) is 5.92 Å². The second-order valence-corrected chi connectivity index (χ2v) is 5.09. The predicted molar refractivity (Wildman–Crippen MR) is 79.1 cm³/mol. The van der Waals surface area contributed by atoms with E-state index in [1.807, 2.05) is 6.92 Å². The Labute approximate surface area is 117 Å². The average Bonchev–Trinajstić information content (AvgIpc) is 2.40. The maximum Gasteiger partial charge on any atom is 0.0716 e. The molecule has 0 fully saturated rings. The molecule has 0 saturated heterocycles. The van der Waals surface area contributed by atoms with Gasteiger partial charge in [-0.2, -0.15) is 0 Å². The first-order valence-corrected chi connectivity index (χ1v) is 7.05. The molecular formula is C16H27NO2. The summed E-state index contributed by atoms with van der Waals surface area (Å²) in [4.78, 5) is 0. The third-order valence-electron chi connectivity index (χ3n) is 3.28. The lowest BCUT2D eigenvalue weighted by molar-refractivity contribution is 0.107. The molecule has 19 heavy (non-hydrogen) atoms. The van der Waals surface area contributed by atoms with Crippen molar-refractivity contribution in [3.63, 3.8) is 0 Å². The van der Waals surface area contributed by atoms with Crippen molar-refractivity contribution in [2.45, 2.75) is 40.0 Å². The first-order valence-electron chi connectivity index (χ1n) is 7.05. The van der Waals surface area contributed by atoms with Gasteiger partial charge >= 0.3 is 0 Å². The molecule has 3 heteroatoms. The van der Waals surface area contributed by atoms with E-state index in [1.54, 1.807) is 7.11 Å². The first kappa shape index (κ1) is 16.2. The fourth-order valence-electron chi connectivity index (χ4n) is 2.00. The van der Waals surface area contributed by atoms with Crippen LogP contribution in [0.2, 0.25) is 0 Å². The van der Waals surface area contributed by atoms with Crippen LogP contribution in [0.5, 0.6) is 0 Å². The van der Waals surface area contributed by atoms with Crippen LogP contribution in [0.1, 0.15) is 31.9 Å². The SMILES string of the molecule is CCOCC(NCc1ccccc1COC)C(C)C. The normalized spacial score (nSPS) is 12.9. The molecular weight excluding hydrogens is 238 g/mol. The Balaban J connectivity index is 2.58. The van der Waals surface area contributed by atoms with Gasteiger partial charge in [-0.3, -0.25) is 0 Å². The Morgan fingerprint density at radius 1 is 1.16 bits per heavy atom. The number of ether oxygens (including phenoxy) is 2. The Bertz CT molecular complexity index is 352. The summed E-state index contributed by atoms with van der Waals surface area (Å²) in [5.74, 6) is 0.557. The van der Waals surface area contributed by atoms with Crippen molar-refractivity contribution in [3.8, 4) is 0 Å². The zero-order valence-corrected chi connectivity index (χ0v) is 12.6. The minimum absolute atomic E-state index is 0.385. The lowest BCUT2D eigenvalue weighted by Gasteiger charge is -2.23. The van der Waals surface area contributed by atoms with E-state index in [2.05, 4.69) is 43.4 Å². The van der Waals surface area contributed by atoms with Crippen molar-refractivity contribution >= 4 is 0 Å². The second kappa shape index (κ2) is 9.08. The van der Waals surface area contributed by atoms with Crippen LogP contribution in [0.15, 0.2) is 24.3 Å². The summed E-state index contributed by atoms with van der Waals surface area (Å²) >= 11 is 0. The van der Waals surface area contributed by atoms with Crippen molar-refractivity contribution in [1.82, 2.24) is 5.32 Å². The summed E-state index contributed by atoms with van der Waals surface area (Å²) in [6.45, 7) is 9.53. The topological polar surface area (TPSA) is 30.5 Å². The third-order valence-corrected chi connectivity index (χ3v) is 3.28. The summed E-state index contributed by atoms with van der Waals surface area (Å²) in [6.07, 6.45) is 0.